The first-order valence-electron chi connectivity index (χ1n) is 5.97. The van der Waals surface area contributed by atoms with Crippen LogP contribution in [0.15, 0.2) is 11.0 Å². The Morgan fingerprint density at radius 1 is 1.24 bits per heavy atom. The maximum absolute atomic E-state index is 12.2. The molecule has 1 aromatic heterocycles. The van der Waals surface area contributed by atoms with Gasteiger partial charge in [-0.05, 0) is 12.8 Å². The van der Waals surface area contributed by atoms with E-state index in [4.69, 9.17) is 9.47 Å². The van der Waals surface area contributed by atoms with Crippen molar-refractivity contribution in [3.63, 3.8) is 0 Å². The molecule has 2 rings (SSSR count). The van der Waals surface area contributed by atoms with Gasteiger partial charge in [-0.2, -0.15) is 5.10 Å². The van der Waals surface area contributed by atoms with Crippen LogP contribution < -0.4 is 15.0 Å². The zero-order valence-corrected chi connectivity index (χ0v) is 10.3. The number of aromatic nitrogens is 2. The molecule has 1 heterocycles. The Balaban J connectivity index is 2.38. The minimum Gasteiger partial charge on any atom is -0.491 e. The summed E-state index contributed by atoms with van der Waals surface area (Å²) >= 11 is 0. The number of methoxy groups -OCH3 is 2. The standard InChI is InChI=1S/C12H18N2O3/c1-16-10-8-13-14(12(15)11(10)17-2)9-6-4-3-5-7-9/h8-9H,3-7H2,1-2H3. The van der Waals surface area contributed by atoms with Crippen molar-refractivity contribution < 1.29 is 9.47 Å². The lowest BCUT2D eigenvalue weighted by Crippen LogP contribution is -2.29. The quantitative estimate of drug-likeness (QED) is 0.805. The summed E-state index contributed by atoms with van der Waals surface area (Å²) in [7, 11) is 2.98. The topological polar surface area (TPSA) is 53.4 Å². The van der Waals surface area contributed by atoms with Crippen LogP contribution in [0.3, 0.4) is 0 Å². The highest BCUT2D eigenvalue weighted by Gasteiger charge is 2.20. The van der Waals surface area contributed by atoms with Crippen LogP contribution in [-0.2, 0) is 0 Å². The van der Waals surface area contributed by atoms with Crippen LogP contribution in [0.25, 0.3) is 0 Å². The molecule has 0 aliphatic heterocycles. The molecule has 1 fully saturated rings. The Bertz CT molecular complexity index is 436. The van der Waals surface area contributed by atoms with Crippen molar-refractivity contribution in [2.45, 2.75) is 38.1 Å². The predicted molar refractivity (Wildman–Crippen MR) is 63.7 cm³/mol. The molecule has 0 unspecified atom stereocenters. The van der Waals surface area contributed by atoms with Gasteiger partial charge in [0.1, 0.15) is 0 Å². The molecular formula is C12H18N2O3. The fraction of sp³-hybridized carbons (Fsp3) is 0.667. The minimum atomic E-state index is -0.196. The molecule has 0 bridgehead atoms. The maximum Gasteiger partial charge on any atom is 0.313 e. The zero-order chi connectivity index (χ0) is 12.3. The van der Waals surface area contributed by atoms with Crippen molar-refractivity contribution in [3.8, 4) is 11.5 Å². The fourth-order valence-electron chi connectivity index (χ4n) is 2.35. The second-order valence-electron chi connectivity index (χ2n) is 4.29. The van der Waals surface area contributed by atoms with E-state index in [-0.39, 0.29) is 17.4 Å². The van der Waals surface area contributed by atoms with E-state index in [0.717, 1.165) is 25.7 Å². The van der Waals surface area contributed by atoms with E-state index >= 15 is 0 Å². The van der Waals surface area contributed by atoms with E-state index < -0.39 is 0 Å². The Morgan fingerprint density at radius 3 is 2.53 bits per heavy atom. The summed E-state index contributed by atoms with van der Waals surface area (Å²) in [6.45, 7) is 0. The van der Waals surface area contributed by atoms with Gasteiger partial charge in [0.25, 0.3) is 0 Å². The third-order valence-electron chi connectivity index (χ3n) is 3.27. The lowest BCUT2D eigenvalue weighted by Gasteiger charge is -2.23. The Labute approximate surface area is 100 Å². The fourth-order valence-corrected chi connectivity index (χ4v) is 2.35. The van der Waals surface area contributed by atoms with E-state index in [9.17, 15) is 4.79 Å². The molecule has 94 valence electrons. The van der Waals surface area contributed by atoms with Crippen LogP contribution in [0.1, 0.15) is 38.1 Å². The Kier molecular flexibility index (Phi) is 3.66. The third-order valence-corrected chi connectivity index (χ3v) is 3.27. The number of hydrogen-bond acceptors (Lipinski definition) is 4. The molecule has 1 aromatic rings. The summed E-state index contributed by atoms with van der Waals surface area (Å²) in [5, 5.41) is 4.18. The molecule has 0 N–H and O–H groups in total. The van der Waals surface area contributed by atoms with Crippen LogP contribution in [0.5, 0.6) is 11.5 Å². The lowest BCUT2D eigenvalue weighted by atomic mass is 9.96. The molecule has 0 saturated heterocycles. The van der Waals surface area contributed by atoms with Crippen molar-refractivity contribution >= 4 is 0 Å². The molecule has 0 radical (unpaired) electrons. The van der Waals surface area contributed by atoms with Gasteiger partial charge < -0.3 is 9.47 Å². The maximum atomic E-state index is 12.2. The second kappa shape index (κ2) is 5.21. The van der Waals surface area contributed by atoms with Crippen molar-refractivity contribution in [2.75, 3.05) is 14.2 Å². The van der Waals surface area contributed by atoms with Gasteiger partial charge in [-0.15, -0.1) is 0 Å². The van der Waals surface area contributed by atoms with Crippen LogP contribution in [0.2, 0.25) is 0 Å². The molecular weight excluding hydrogens is 220 g/mol. The monoisotopic (exact) mass is 238 g/mol. The van der Waals surface area contributed by atoms with Crippen molar-refractivity contribution in [2.24, 2.45) is 0 Å². The Morgan fingerprint density at radius 2 is 1.94 bits per heavy atom. The van der Waals surface area contributed by atoms with Crippen molar-refractivity contribution in [3.05, 3.63) is 16.6 Å². The van der Waals surface area contributed by atoms with Crippen molar-refractivity contribution in [1.29, 1.82) is 0 Å². The highest BCUT2D eigenvalue weighted by Crippen LogP contribution is 2.28. The second-order valence-corrected chi connectivity index (χ2v) is 4.29. The van der Waals surface area contributed by atoms with Gasteiger partial charge in [0, 0.05) is 0 Å². The average Bonchev–Trinajstić information content (AvgIpc) is 2.39. The predicted octanol–water partition coefficient (Wildman–Crippen LogP) is 1.77. The molecule has 5 heteroatoms. The summed E-state index contributed by atoms with van der Waals surface area (Å²) in [6, 6.07) is 0.205. The van der Waals surface area contributed by atoms with Gasteiger partial charge in [-0.25, -0.2) is 4.68 Å². The van der Waals surface area contributed by atoms with Crippen LogP contribution >= 0.6 is 0 Å². The molecule has 0 aromatic carbocycles. The largest absolute Gasteiger partial charge is 0.491 e. The molecule has 0 spiro atoms. The molecule has 0 atom stereocenters. The van der Waals surface area contributed by atoms with Crippen LogP contribution in [-0.4, -0.2) is 24.0 Å². The molecule has 17 heavy (non-hydrogen) atoms. The van der Waals surface area contributed by atoms with Gasteiger partial charge in [0.15, 0.2) is 5.75 Å². The van der Waals surface area contributed by atoms with Crippen LogP contribution in [0, 0.1) is 0 Å². The molecule has 0 amide bonds. The number of nitrogens with zero attached hydrogens (tertiary/aromatic N) is 2. The van der Waals surface area contributed by atoms with Crippen LogP contribution in [0.4, 0.5) is 0 Å². The molecule has 1 aliphatic carbocycles. The highest BCUT2D eigenvalue weighted by atomic mass is 16.5. The highest BCUT2D eigenvalue weighted by molar-refractivity contribution is 5.34. The summed E-state index contributed by atoms with van der Waals surface area (Å²) in [5.41, 5.74) is -0.196. The average molecular weight is 238 g/mol. The summed E-state index contributed by atoms with van der Waals surface area (Å²) in [5.74, 6) is 0.637. The smallest absolute Gasteiger partial charge is 0.313 e. The number of ether oxygens (including phenoxy) is 2. The number of rotatable bonds is 3. The summed E-state index contributed by atoms with van der Waals surface area (Å²) in [6.07, 6.45) is 7.15. The third kappa shape index (κ3) is 2.28. The minimum absolute atomic E-state index is 0.196. The van der Waals surface area contributed by atoms with E-state index in [2.05, 4.69) is 5.10 Å². The summed E-state index contributed by atoms with van der Waals surface area (Å²) < 4.78 is 11.7. The van der Waals surface area contributed by atoms with E-state index in [1.54, 1.807) is 10.9 Å². The van der Waals surface area contributed by atoms with Gasteiger partial charge in [-0.1, -0.05) is 19.3 Å². The Hall–Kier alpha value is -1.52. The first-order valence-corrected chi connectivity index (χ1v) is 5.97. The lowest BCUT2D eigenvalue weighted by molar-refractivity contribution is 0.295. The normalized spacial score (nSPS) is 16.8. The van der Waals surface area contributed by atoms with Crippen molar-refractivity contribution in [1.82, 2.24) is 9.78 Å². The van der Waals surface area contributed by atoms with E-state index in [0.29, 0.717) is 5.75 Å². The van der Waals surface area contributed by atoms with Gasteiger partial charge >= 0.3 is 5.56 Å². The number of hydrogen-bond donors (Lipinski definition) is 0. The molecule has 5 nitrogen and oxygen atoms in total. The summed E-state index contributed by atoms with van der Waals surface area (Å²) in [4.78, 5) is 12.2. The zero-order valence-electron chi connectivity index (χ0n) is 10.3. The van der Waals surface area contributed by atoms with Gasteiger partial charge in [-0.3, -0.25) is 4.79 Å². The van der Waals surface area contributed by atoms with E-state index in [1.165, 1.54) is 20.6 Å². The first kappa shape index (κ1) is 12.0. The molecule has 1 saturated carbocycles. The van der Waals surface area contributed by atoms with Gasteiger partial charge in [0.2, 0.25) is 5.75 Å². The van der Waals surface area contributed by atoms with E-state index in [1.807, 2.05) is 0 Å². The first-order chi connectivity index (χ1) is 8.27. The molecule has 1 aliphatic rings. The van der Waals surface area contributed by atoms with Gasteiger partial charge in [0.05, 0.1) is 26.5 Å². The SMILES string of the molecule is COc1cnn(C2CCCCC2)c(=O)c1OC.